The number of amides is 1. The van der Waals surface area contributed by atoms with E-state index < -0.39 is 0 Å². The summed E-state index contributed by atoms with van der Waals surface area (Å²) >= 11 is 0. The number of nitrogens with zero attached hydrogens (tertiary/aromatic N) is 5. The zero-order valence-electron chi connectivity index (χ0n) is 12.5. The monoisotopic (exact) mass is 292 g/mol. The lowest BCUT2D eigenvalue weighted by atomic mass is 10.2. The van der Waals surface area contributed by atoms with Crippen molar-refractivity contribution in [3.63, 3.8) is 0 Å². The number of carbonyl (C=O) groups is 1. The molecule has 21 heavy (non-hydrogen) atoms. The second kappa shape index (κ2) is 6.96. The molecule has 0 aromatic carbocycles. The van der Waals surface area contributed by atoms with E-state index in [0.29, 0.717) is 31.1 Å². The fourth-order valence-corrected chi connectivity index (χ4v) is 1.78. The summed E-state index contributed by atoms with van der Waals surface area (Å²) in [6.07, 6.45) is 4.22. The molecule has 1 atom stereocenters. The lowest BCUT2D eigenvalue weighted by Crippen LogP contribution is -2.26. The second-order valence-corrected chi connectivity index (χ2v) is 5.20. The second-order valence-electron chi connectivity index (χ2n) is 5.20. The van der Waals surface area contributed by atoms with Gasteiger partial charge in [-0.1, -0.05) is 19.0 Å². The van der Waals surface area contributed by atoms with Crippen molar-refractivity contribution in [2.24, 2.45) is 0 Å². The predicted octanol–water partition coefficient (Wildman–Crippen LogP) is 1.44. The Labute approximate surface area is 122 Å². The molecule has 0 unspecified atom stereocenters. The Bertz CT molecular complexity index is 563. The van der Waals surface area contributed by atoms with Crippen LogP contribution in [0.4, 0.5) is 0 Å². The Morgan fingerprint density at radius 1 is 1.43 bits per heavy atom. The summed E-state index contributed by atoms with van der Waals surface area (Å²) in [6, 6.07) is -0.288. The average molecular weight is 292 g/mol. The van der Waals surface area contributed by atoms with E-state index in [4.69, 9.17) is 4.52 Å². The van der Waals surface area contributed by atoms with E-state index >= 15 is 0 Å². The molecule has 114 valence electrons. The lowest BCUT2D eigenvalue weighted by molar-refractivity contribution is -0.122. The molecule has 2 aromatic rings. The van der Waals surface area contributed by atoms with Crippen LogP contribution in [0.25, 0.3) is 0 Å². The smallest absolute Gasteiger partial charge is 0.248 e. The number of hydrogen-bond acceptors (Lipinski definition) is 6. The van der Waals surface area contributed by atoms with Crippen molar-refractivity contribution in [2.75, 3.05) is 0 Å². The Kier molecular flexibility index (Phi) is 5.02. The third-order valence-electron chi connectivity index (χ3n) is 2.98. The van der Waals surface area contributed by atoms with Crippen LogP contribution in [-0.4, -0.2) is 30.8 Å². The first kappa shape index (κ1) is 15.1. The van der Waals surface area contributed by atoms with Crippen LogP contribution in [0.1, 0.15) is 57.3 Å². The first-order chi connectivity index (χ1) is 10.1. The normalized spacial score (nSPS) is 12.6. The Balaban J connectivity index is 1.75. The summed E-state index contributed by atoms with van der Waals surface area (Å²) in [5.41, 5.74) is 0. The van der Waals surface area contributed by atoms with Crippen molar-refractivity contribution in [3.05, 3.63) is 24.4 Å². The molecule has 2 heterocycles. The van der Waals surface area contributed by atoms with Gasteiger partial charge < -0.3 is 9.84 Å². The van der Waals surface area contributed by atoms with Gasteiger partial charge in [-0.05, 0) is 13.3 Å². The molecule has 0 bridgehead atoms. The van der Waals surface area contributed by atoms with Gasteiger partial charge in [-0.3, -0.25) is 9.48 Å². The molecule has 0 saturated heterocycles. The summed E-state index contributed by atoms with van der Waals surface area (Å²) in [5, 5.41) is 10.7. The minimum Gasteiger partial charge on any atom is -0.345 e. The Morgan fingerprint density at radius 2 is 2.24 bits per heavy atom. The minimum absolute atomic E-state index is 0.0492. The van der Waals surface area contributed by atoms with E-state index in [1.807, 2.05) is 20.8 Å². The number of carbonyl (C=O) groups excluding carboxylic acids is 1. The molecular formula is C13H20N6O2. The van der Waals surface area contributed by atoms with Crippen molar-refractivity contribution < 1.29 is 9.32 Å². The molecule has 2 aromatic heterocycles. The predicted molar refractivity (Wildman–Crippen MR) is 74.2 cm³/mol. The number of nitrogens with one attached hydrogen (secondary N) is 1. The molecule has 0 aliphatic heterocycles. The van der Waals surface area contributed by atoms with Crippen LogP contribution in [0.2, 0.25) is 0 Å². The van der Waals surface area contributed by atoms with Crippen molar-refractivity contribution in [1.82, 2.24) is 30.2 Å². The number of rotatable bonds is 7. The highest BCUT2D eigenvalue weighted by atomic mass is 16.5. The van der Waals surface area contributed by atoms with Crippen LogP contribution in [0.15, 0.2) is 17.2 Å². The van der Waals surface area contributed by atoms with Crippen molar-refractivity contribution in [3.8, 4) is 0 Å². The minimum atomic E-state index is -0.288. The van der Waals surface area contributed by atoms with Crippen molar-refractivity contribution in [1.29, 1.82) is 0 Å². The molecule has 0 aliphatic carbocycles. The highest BCUT2D eigenvalue weighted by Gasteiger charge is 2.17. The zero-order chi connectivity index (χ0) is 15.2. The van der Waals surface area contributed by atoms with E-state index in [0.717, 1.165) is 0 Å². The van der Waals surface area contributed by atoms with Crippen molar-refractivity contribution in [2.45, 2.75) is 52.1 Å². The van der Waals surface area contributed by atoms with Gasteiger partial charge in [0.25, 0.3) is 0 Å². The van der Waals surface area contributed by atoms with Crippen LogP contribution in [0, 0.1) is 0 Å². The first-order valence-corrected chi connectivity index (χ1v) is 7.01. The van der Waals surface area contributed by atoms with Gasteiger partial charge in [0.2, 0.25) is 11.8 Å². The molecule has 0 radical (unpaired) electrons. The SMILES string of the molecule is CC(C)c1noc([C@H](C)NC(=O)CCCn2cncn2)n1. The van der Waals surface area contributed by atoms with Crippen LogP contribution in [0.5, 0.6) is 0 Å². The van der Waals surface area contributed by atoms with Gasteiger partial charge >= 0.3 is 0 Å². The summed E-state index contributed by atoms with van der Waals surface area (Å²) < 4.78 is 6.85. The van der Waals surface area contributed by atoms with Gasteiger partial charge in [-0.15, -0.1) is 0 Å². The number of aryl methyl sites for hydroxylation is 1. The maximum atomic E-state index is 11.8. The van der Waals surface area contributed by atoms with Crippen LogP contribution < -0.4 is 5.32 Å². The molecule has 8 heteroatoms. The summed E-state index contributed by atoms with van der Waals surface area (Å²) in [7, 11) is 0. The van der Waals surface area contributed by atoms with E-state index in [1.165, 1.54) is 6.33 Å². The molecular weight excluding hydrogens is 272 g/mol. The maximum Gasteiger partial charge on any atom is 0.248 e. The van der Waals surface area contributed by atoms with E-state index in [-0.39, 0.29) is 17.9 Å². The van der Waals surface area contributed by atoms with E-state index in [1.54, 1.807) is 11.0 Å². The molecule has 0 fully saturated rings. The highest BCUT2D eigenvalue weighted by Crippen LogP contribution is 2.14. The third kappa shape index (κ3) is 4.37. The van der Waals surface area contributed by atoms with Crippen LogP contribution in [0.3, 0.4) is 0 Å². The fraction of sp³-hybridized carbons (Fsp3) is 0.615. The molecule has 8 nitrogen and oxygen atoms in total. The van der Waals surface area contributed by atoms with Gasteiger partial charge in [-0.25, -0.2) is 4.98 Å². The first-order valence-electron chi connectivity index (χ1n) is 7.01. The van der Waals surface area contributed by atoms with Gasteiger partial charge in [0, 0.05) is 18.9 Å². The molecule has 0 saturated carbocycles. The average Bonchev–Trinajstić information content (AvgIpc) is 3.09. The lowest BCUT2D eigenvalue weighted by Gasteiger charge is -2.09. The van der Waals surface area contributed by atoms with Gasteiger partial charge in [0.1, 0.15) is 18.7 Å². The maximum absolute atomic E-state index is 11.8. The molecule has 2 rings (SSSR count). The van der Waals surface area contributed by atoms with Gasteiger partial charge in [-0.2, -0.15) is 10.1 Å². The summed E-state index contributed by atoms with van der Waals surface area (Å²) in [5.74, 6) is 1.24. The number of hydrogen-bond donors (Lipinski definition) is 1. The molecule has 1 amide bonds. The quantitative estimate of drug-likeness (QED) is 0.829. The Hall–Kier alpha value is -2.25. The molecule has 0 spiro atoms. The molecule has 1 N–H and O–H groups in total. The third-order valence-corrected chi connectivity index (χ3v) is 2.98. The van der Waals surface area contributed by atoms with Crippen LogP contribution >= 0.6 is 0 Å². The van der Waals surface area contributed by atoms with Gasteiger partial charge in [0.15, 0.2) is 5.82 Å². The summed E-state index contributed by atoms with van der Waals surface area (Å²) in [4.78, 5) is 20.0. The number of aromatic nitrogens is 5. The van der Waals surface area contributed by atoms with E-state index in [2.05, 4.69) is 25.5 Å². The van der Waals surface area contributed by atoms with Crippen molar-refractivity contribution >= 4 is 5.91 Å². The standard InChI is InChI=1S/C13H20N6O2/c1-9(2)12-17-13(21-18-12)10(3)16-11(20)5-4-6-19-8-14-7-15-19/h7-10H,4-6H2,1-3H3,(H,16,20)/t10-/m0/s1. The topological polar surface area (TPSA) is 98.7 Å². The highest BCUT2D eigenvalue weighted by molar-refractivity contribution is 5.76. The van der Waals surface area contributed by atoms with E-state index in [9.17, 15) is 4.79 Å². The molecule has 0 aliphatic rings. The van der Waals surface area contributed by atoms with Gasteiger partial charge in [0.05, 0.1) is 0 Å². The Morgan fingerprint density at radius 3 is 2.86 bits per heavy atom. The fourth-order valence-electron chi connectivity index (χ4n) is 1.78. The zero-order valence-corrected chi connectivity index (χ0v) is 12.5. The largest absolute Gasteiger partial charge is 0.345 e. The summed E-state index contributed by atoms with van der Waals surface area (Å²) in [6.45, 7) is 6.47. The van der Waals surface area contributed by atoms with Crippen LogP contribution in [-0.2, 0) is 11.3 Å².